The first-order chi connectivity index (χ1) is 17.6. The van der Waals surface area contributed by atoms with Crippen LogP contribution in [0.5, 0.6) is 0 Å². The van der Waals surface area contributed by atoms with Crippen LogP contribution in [0.2, 0.25) is 0 Å². The highest BCUT2D eigenvalue weighted by Gasteiger charge is 2.57. The van der Waals surface area contributed by atoms with Crippen LogP contribution in [-0.2, 0) is 35.6 Å². The molecule has 0 N–H and O–H groups in total. The second-order valence-corrected chi connectivity index (χ2v) is 9.66. The van der Waals surface area contributed by atoms with Crippen molar-refractivity contribution in [1.29, 1.82) is 0 Å². The lowest BCUT2D eigenvalue weighted by Crippen LogP contribution is -2.56. The highest BCUT2D eigenvalue weighted by atomic mass is 16.5. The molecule has 188 valence electrons. The van der Waals surface area contributed by atoms with Crippen molar-refractivity contribution in [1.82, 2.24) is 14.7 Å². The smallest absolute Gasteiger partial charge is 0.328 e. The summed E-state index contributed by atoms with van der Waals surface area (Å²) in [5.41, 5.74) is 1.33. The molecule has 1 spiro atoms. The van der Waals surface area contributed by atoms with Gasteiger partial charge in [0, 0.05) is 26.7 Å². The van der Waals surface area contributed by atoms with Gasteiger partial charge in [-0.25, -0.2) is 4.79 Å². The van der Waals surface area contributed by atoms with Crippen molar-refractivity contribution in [2.75, 3.05) is 26.7 Å². The molecular weight excluding hydrogens is 454 g/mol. The van der Waals surface area contributed by atoms with E-state index in [-0.39, 0.29) is 11.9 Å². The van der Waals surface area contributed by atoms with Crippen LogP contribution >= 0.6 is 0 Å². The first-order valence-electron chi connectivity index (χ1n) is 12.6. The van der Waals surface area contributed by atoms with E-state index in [1.54, 1.807) is 7.11 Å². The van der Waals surface area contributed by atoms with Crippen molar-refractivity contribution in [3.8, 4) is 0 Å². The molecule has 2 aliphatic heterocycles. The zero-order valence-corrected chi connectivity index (χ0v) is 20.8. The second kappa shape index (κ2) is 10.7. The molecule has 2 aliphatic rings. The van der Waals surface area contributed by atoms with Crippen molar-refractivity contribution in [2.45, 2.75) is 44.5 Å². The fourth-order valence-electron chi connectivity index (χ4n) is 5.40. The maximum Gasteiger partial charge on any atom is 0.328 e. The van der Waals surface area contributed by atoms with Crippen molar-refractivity contribution in [2.24, 2.45) is 0 Å². The van der Waals surface area contributed by atoms with Crippen LogP contribution < -0.4 is 0 Å². The van der Waals surface area contributed by atoms with Crippen molar-refractivity contribution < 1.29 is 18.7 Å². The standard InChI is InChI=1S/C29H33N3O4/c1-35-22-26-13-12-25(36-26)21-30-18-15-29(16-19-30)27(33)31(20-24-10-6-3-7-11-24)28(34)32(29)17-14-23-8-4-2-5-9-23/h2-13H,14-22H2,1H3. The summed E-state index contributed by atoms with van der Waals surface area (Å²) in [6, 6.07) is 23.6. The van der Waals surface area contributed by atoms with Gasteiger partial charge in [0.15, 0.2) is 0 Å². The Morgan fingerprint density at radius 3 is 2.14 bits per heavy atom. The molecule has 3 heterocycles. The van der Waals surface area contributed by atoms with Gasteiger partial charge >= 0.3 is 6.03 Å². The number of piperidine rings is 1. The van der Waals surface area contributed by atoms with Gasteiger partial charge in [-0.15, -0.1) is 0 Å². The SMILES string of the molecule is COCc1ccc(CN2CCC3(CC2)C(=O)N(Cc2ccccc2)C(=O)N3CCc2ccccc2)o1. The topological polar surface area (TPSA) is 66.2 Å². The number of furan rings is 1. The third-order valence-corrected chi connectivity index (χ3v) is 7.34. The number of hydrogen-bond acceptors (Lipinski definition) is 5. The Morgan fingerprint density at radius 1 is 0.833 bits per heavy atom. The average Bonchev–Trinajstić information content (AvgIpc) is 3.42. The summed E-state index contributed by atoms with van der Waals surface area (Å²) in [7, 11) is 1.65. The van der Waals surface area contributed by atoms with Gasteiger partial charge in [0.05, 0.1) is 13.1 Å². The Hall–Kier alpha value is -3.42. The number of nitrogens with zero attached hydrogens (tertiary/aromatic N) is 3. The van der Waals surface area contributed by atoms with Gasteiger partial charge in [0.1, 0.15) is 23.7 Å². The molecule has 7 heteroatoms. The minimum Gasteiger partial charge on any atom is -0.462 e. The normalized spacial score (nSPS) is 17.9. The zero-order valence-electron chi connectivity index (χ0n) is 20.8. The first-order valence-corrected chi connectivity index (χ1v) is 12.6. The van der Waals surface area contributed by atoms with Crippen molar-refractivity contribution in [3.63, 3.8) is 0 Å². The summed E-state index contributed by atoms with van der Waals surface area (Å²) in [6.45, 7) is 3.41. The predicted molar refractivity (Wildman–Crippen MR) is 136 cm³/mol. The Bertz CT molecular complexity index is 1170. The number of methoxy groups -OCH3 is 1. The van der Waals surface area contributed by atoms with Gasteiger partial charge in [0.25, 0.3) is 5.91 Å². The minimum absolute atomic E-state index is 0.0653. The maximum absolute atomic E-state index is 13.9. The van der Waals surface area contributed by atoms with Crippen LogP contribution in [0.3, 0.4) is 0 Å². The summed E-state index contributed by atoms with van der Waals surface area (Å²) in [5, 5.41) is 0. The number of carbonyl (C=O) groups is 2. The lowest BCUT2D eigenvalue weighted by atomic mass is 9.85. The molecule has 0 aliphatic carbocycles. The number of rotatable bonds is 9. The van der Waals surface area contributed by atoms with Crippen LogP contribution in [0.15, 0.2) is 77.2 Å². The van der Waals surface area contributed by atoms with E-state index >= 15 is 0 Å². The molecule has 36 heavy (non-hydrogen) atoms. The van der Waals surface area contributed by atoms with Gasteiger partial charge in [-0.2, -0.15) is 0 Å². The van der Waals surface area contributed by atoms with E-state index in [0.29, 0.717) is 39.1 Å². The maximum atomic E-state index is 13.9. The molecule has 7 nitrogen and oxygen atoms in total. The second-order valence-electron chi connectivity index (χ2n) is 9.66. The summed E-state index contributed by atoms with van der Waals surface area (Å²) in [5.74, 6) is 1.63. The third-order valence-electron chi connectivity index (χ3n) is 7.34. The summed E-state index contributed by atoms with van der Waals surface area (Å²) in [6.07, 6.45) is 1.95. The van der Waals surface area contributed by atoms with Crippen molar-refractivity contribution in [3.05, 3.63) is 95.4 Å². The van der Waals surface area contributed by atoms with E-state index in [9.17, 15) is 9.59 Å². The predicted octanol–water partition coefficient (Wildman–Crippen LogP) is 4.47. The number of amides is 3. The number of likely N-dealkylation sites (tertiary alicyclic amines) is 1. The Morgan fingerprint density at radius 2 is 1.47 bits per heavy atom. The molecule has 0 unspecified atom stereocenters. The molecule has 3 amide bonds. The van der Waals surface area contributed by atoms with E-state index in [0.717, 1.165) is 42.2 Å². The van der Waals surface area contributed by atoms with Crippen LogP contribution in [-0.4, -0.2) is 58.9 Å². The number of benzene rings is 2. The van der Waals surface area contributed by atoms with E-state index in [4.69, 9.17) is 9.15 Å². The van der Waals surface area contributed by atoms with Crippen molar-refractivity contribution >= 4 is 11.9 Å². The van der Waals surface area contributed by atoms with E-state index in [1.807, 2.05) is 65.6 Å². The lowest BCUT2D eigenvalue weighted by molar-refractivity contribution is -0.136. The Labute approximate surface area is 212 Å². The fourth-order valence-corrected chi connectivity index (χ4v) is 5.40. The van der Waals surface area contributed by atoms with E-state index < -0.39 is 5.54 Å². The van der Waals surface area contributed by atoms with Gasteiger partial charge in [-0.05, 0) is 42.5 Å². The molecule has 5 rings (SSSR count). The third kappa shape index (κ3) is 4.94. The first kappa shape index (κ1) is 24.3. The molecule has 0 bridgehead atoms. The molecular formula is C29H33N3O4. The van der Waals surface area contributed by atoms with Gasteiger partial charge in [-0.1, -0.05) is 60.7 Å². The molecule has 3 aromatic rings. The fraction of sp³-hybridized carbons (Fsp3) is 0.379. The quantitative estimate of drug-likeness (QED) is 0.417. The molecule has 0 atom stereocenters. The van der Waals surface area contributed by atoms with Crippen LogP contribution in [0.4, 0.5) is 4.79 Å². The summed E-state index contributed by atoms with van der Waals surface area (Å²) >= 11 is 0. The van der Waals surface area contributed by atoms with Crippen LogP contribution in [0.25, 0.3) is 0 Å². The molecule has 2 aromatic carbocycles. The monoisotopic (exact) mass is 487 g/mol. The highest BCUT2D eigenvalue weighted by Crippen LogP contribution is 2.38. The largest absolute Gasteiger partial charge is 0.462 e. The number of hydrogen-bond donors (Lipinski definition) is 0. The average molecular weight is 488 g/mol. The Balaban J connectivity index is 1.32. The number of ether oxygens (including phenoxy) is 1. The van der Waals surface area contributed by atoms with E-state index in [2.05, 4.69) is 17.0 Å². The number of carbonyl (C=O) groups excluding carboxylic acids is 2. The van der Waals surface area contributed by atoms with Gasteiger partial charge in [-0.3, -0.25) is 14.6 Å². The summed E-state index contributed by atoms with van der Waals surface area (Å²) < 4.78 is 11.0. The van der Waals surface area contributed by atoms with Gasteiger partial charge in [0.2, 0.25) is 0 Å². The van der Waals surface area contributed by atoms with E-state index in [1.165, 1.54) is 4.90 Å². The molecule has 0 saturated carbocycles. The summed E-state index contributed by atoms with van der Waals surface area (Å²) in [4.78, 5) is 33.1. The lowest BCUT2D eigenvalue weighted by Gasteiger charge is -2.42. The van der Waals surface area contributed by atoms with Crippen LogP contribution in [0, 0.1) is 0 Å². The molecule has 0 radical (unpaired) electrons. The number of imide groups is 1. The van der Waals surface area contributed by atoms with Crippen LogP contribution in [0.1, 0.15) is 35.5 Å². The zero-order chi connectivity index (χ0) is 25.0. The molecule has 1 aromatic heterocycles. The minimum atomic E-state index is -0.790. The molecule has 2 fully saturated rings. The molecule has 2 saturated heterocycles. The number of urea groups is 1. The highest BCUT2D eigenvalue weighted by molar-refractivity contribution is 6.07. The Kier molecular flexibility index (Phi) is 7.20. The van der Waals surface area contributed by atoms with Gasteiger partial charge < -0.3 is 14.1 Å².